The molecule has 0 unspecified atom stereocenters. The highest BCUT2D eigenvalue weighted by Crippen LogP contribution is 1.91. The summed E-state index contributed by atoms with van der Waals surface area (Å²) in [6.07, 6.45) is 6.69. The van der Waals surface area contributed by atoms with Crippen LogP contribution in [0.25, 0.3) is 0 Å². The molecule has 2 heteroatoms. The van der Waals surface area contributed by atoms with Crippen LogP contribution in [0.4, 0.5) is 0 Å². The molecule has 0 aliphatic heterocycles. The molecule has 0 N–H and O–H groups in total. The van der Waals surface area contributed by atoms with Crippen LogP contribution in [0.5, 0.6) is 0 Å². The molecule has 0 bridgehead atoms. The second kappa shape index (κ2) is 5.31. The van der Waals surface area contributed by atoms with E-state index in [0.29, 0.717) is 5.82 Å². The molecule has 1 heterocycles. The molecule has 0 spiro atoms. The first-order chi connectivity index (χ1) is 5.93. The van der Waals surface area contributed by atoms with Crippen LogP contribution < -0.4 is 0 Å². The summed E-state index contributed by atoms with van der Waals surface area (Å²) < 4.78 is 0. The Labute approximate surface area is 73.1 Å². The van der Waals surface area contributed by atoms with Gasteiger partial charge in [-0.2, -0.15) is 0 Å². The summed E-state index contributed by atoms with van der Waals surface area (Å²) >= 11 is 0. The second-order valence-corrected chi connectivity index (χ2v) is 2.48. The van der Waals surface area contributed by atoms with Gasteiger partial charge in [0.25, 0.3) is 0 Å². The Morgan fingerprint density at radius 3 is 2.75 bits per heavy atom. The van der Waals surface area contributed by atoms with E-state index in [4.69, 9.17) is 0 Å². The maximum absolute atomic E-state index is 3.99. The molecule has 0 aliphatic carbocycles. The van der Waals surface area contributed by atoms with Gasteiger partial charge in [-0.1, -0.05) is 19.3 Å². The van der Waals surface area contributed by atoms with Crippen LogP contribution in [-0.2, 0) is 0 Å². The monoisotopic (exact) mass is 160 g/mol. The summed E-state index contributed by atoms with van der Waals surface area (Å²) in [4.78, 5) is 7.98. The topological polar surface area (TPSA) is 25.8 Å². The zero-order valence-corrected chi connectivity index (χ0v) is 7.25. The van der Waals surface area contributed by atoms with Gasteiger partial charge >= 0.3 is 0 Å². The standard InChI is InChI=1S/C10H12N2/c1-2-3-4-5-7-10-11-8-6-9-12-10/h6,8-9H,2-4H2,1H3. The Balaban J connectivity index is 2.44. The maximum Gasteiger partial charge on any atom is 0.204 e. The maximum atomic E-state index is 3.99. The molecule has 0 saturated heterocycles. The largest absolute Gasteiger partial charge is 0.229 e. The van der Waals surface area contributed by atoms with Crippen molar-refractivity contribution in [1.82, 2.24) is 9.97 Å². The van der Waals surface area contributed by atoms with Crippen molar-refractivity contribution in [2.75, 3.05) is 0 Å². The Hall–Kier alpha value is -1.36. The third-order valence-electron chi connectivity index (χ3n) is 1.42. The third kappa shape index (κ3) is 3.16. The van der Waals surface area contributed by atoms with E-state index in [-0.39, 0.29) is 0 Å². The van der Waals surface area contributed by atoms with E-state index in [9.17, 15) is 0 Å². The molecule has 2 nitrogen and oxygen atoms in total. The fourth-order valence-corrected chi connectivity index (χ4v) is 0.770. The number of aromatic nitrogens is 2. The molecule has 1 aromatic rings. The smallest absolute Gasteiger partial charge is 0.204 e. The van der Waals surface area contributed by atoms with Crippen molar-refractivity contribution < 1.29 is 0 Å². The van der Waals surface area contributed by atoms with Gasteiger partial charge in [0, 0.05) is 18.8 Å². The van der Waals surface area contributed by atoms with Gasteiger partial charge in [0.15, 0.2) is 0 Å². The molecule has 0 atom stereocenters. The number of hydrogen-bond acceptors (Lipinski definition) is 2. The van der Waals surface area contributed by atoms with E-state index in [1.54, 1.807) is 18.5 Å². The minimum Gasteiger partial charge on any atom is -0.229 e. The van der Waals surface area contributed by atoms with Gasteiger partial charge in [-0.05, 0) is 18.4 Å². The van der Waals surface area contributed by atoms with Gasteiger partial charge in [0.05, 0.1) is 0 Å². The fraction of sp³-hybridized carbons (Fsp3) is 0.400. The van der Waals surface area contributed by atoms with Crippen molar-refractivity contribution >= 4 is 0 Å². The Morgan fingerprint density at radius 1 is 1.33 bits per heavy atom. The molecular weight excluding hydrogens is 148 g/mol. The highest BCUT2D eigenvalue weighted by atomic mass is 14.8. The van der Waals surface area contributed by atoms with Gasteiger partial charge in [0.2, 0.25) is 5.82 Å². The summed E-state index contributed by atoms with van der Waals surface area (Å²) in [6, 6.07) is 1.79. The second-order valence-electron chi connectivity index (χ2n) is 2.48. The number of unbranched alkanes of at least 4 members (excludes halogenated alkanes) is 2. The average molecular weight is 160 g/mol. The van der Waals surface area contributed by atoms with E-state index in [0.717, 1.165) is 12.8 Å². The first-order valence-corrected chi connectivity index (χ1v) is 4.19. The van der Waals surface area contributed by atoms with Gasteiger partial charge in [-0.15, -0.1) is 0 Å². The van der Waals surface area contributed by atoms with E-state index in [1.807, 2.05) is 0 Å². The van der Waals surface area contributed by atoms with E-state index in [2.05, 4.69) is 28.7 Å². The minimum atomic E-state index is 0.619. The first-order valence-electron chi connectivity index (χ1n) is 4.19. The molecular formula is C10H12N2. The zero-order valence-electron chi connectivity index (χ0n) is 7.25. The fourth-order valence-electron chi connectivity index (χ4n) is 0.770. The van der Waals surface area contributed by atoms with Crippen LogP contribution in [0.1, 0.15) is 32.0 Å². The van der Waals surface area contributed by atoms with Crippen molar-refractivity contribution in [2.24, 2.45) is 0 Å². The molecule has 0 aromatic carbocycles. The predicted molar refractivity (Wildman–Crippen MR) is 48.4 cm³/mol. The lowest BCUT2D eigenvalue weighted by atomic mass is 10.2. The van der Waals surface area contributed by atoms with Crippen LogP contribution in [0, 0.1) is 11.8 Å². The van der Waals surface area contributed by atoms with Gasteiger partial charge < -0.3 is 0 Å². The van der Waals surface area contributed by atoms with Crippen LogP contribution in [0.15, 0.2) is 18.5 Å². The van der Waals surface area contributed by atoms with Crippen molar-refractivity contribution in [3.63, 3.8) is 0 Å². The molecule has 0 fully saturated rings. The van der Waals surface area contributed by atoms with Crippen LogP contribution in [0.3, 0.4) is 0 Å². The average Bonchev–Trinajstić information content (AvgIpc) is 2.14. The van der Waals surface area contributed by atoms with Crippen molar-refractivity contribution in [3.05, 3.63) is 24.3 Å². The van der Waals surface area contributed by atoms with Crippen molar-refractivity contribution in [3.8, 4) is 11.8 Å². The van der Waals surface area contributed by atoms with Crippen LogP contribution in [0.2, 0.25) is 0 Å². The third-order valence-corrected chi connectivity index (χ3v) is 1.42. The molecule has 0 amide bonds. The van der Waals surface area contributed by atoms with Gasteiger partial charge in [-0.3, -0.25) is 0 Å². The van der Waals surface area contributed by atoms with Gasteiger partial charge in [-0.25, -0.2) is 9.97 Å². The predicted octanol–water partition coefficient (Wildman–Crippen LogP) is 2.02. The summed E-state index contributed by atoms with van der Waals surface area (Å²) in [5, 5.41) is 0. The normalized spacial score (nSPS) is 8.75. The summed E-state index contributed by atoms with van der Waals surface area (Å²) in [5.41, 5.74) is 0. The Bertz CT molecular complexity index is 269. The first kappa shape index (κ1) is 8.73. The van der Waals surface area contributed by atoms with E-state index in [1.165, 1.54) is 6.42 Å². The minimum absolute atomic E-state index is 0.619. The van der Waals surface area contributed by atoms with Gasteiger partial charge in [0.1, 0.15) is 0 Å². The molecule has 0 radical (unpaired) electrons. The summed E-state index contributed by atoms with van der Waals surface area (Å²) in [5.74, 6) is 6.55. The highest BCUT2D eigenvalue weighted by Gasteiger charge is 1.83. The summed E-state index contributed by atoms with van der Waals surface area (Å²) in [6.45, 7) is 2.15. The Kier molecular flexibility index (Phi) is 3.87. The number of nitrogens with zero attached hydrogens (tertiary/aromatic N) is 2. The SMILES string of the molecule is CCCCC#Cc1ncccn1. The highest BCUT2D eigenvalue weighted by molar-refractivity contribution is 5.19. The Morgan fingerprint density at radius 2 is 2.08 bits per heavy atom. The molecule has 62 valence electrons. The van der Waals surface area contributed by atoms with E-state index < -0.39 is 0 Å². The number of hydrogen-bond donors (Lipinski definition) is 0. The molecule has 12 heavy (non-hydrogen) atoms. The lowest BCUT2D eigenvalue weighted by molar-refractivity contribution is 0.828. The lowest BCUT2D eigenvalue weighted by Crippen LogP contribution is -1.84. The molecule has 1 rings (SSSR count). The van der Waals surface area contributed by atoms with Crippen LogP contribution in [-0.4, -0.2) is 9.97 Å². The molecule has 1 aromatic heterocycles. The van der Waals surface area contributed by atoms with Crippen molar-refractivity contribution in [1.29, 1.82) is 0 Å². The van der Waals surface area contributed by atoms with E-state index >= 15 is 0 Å². The zero-order chi connectivity index (χ0) is 8.65. The van der Waals surface area contributed by atoms with Crippen molar-refractivity contribution in [2.45, 2.75) is 26.2 Å². The quantitative estimate of drug-likeness (QED) is 0.488. The molecule has 0 saturated carbocycles. The lowest BCUT2D eigenvalue weighted by Gasteiger charge is -1.85. The summed E-state index contributed by atoms with van der Waals surface area (Å²) in [7, 11) is 0. The number of rotatable bonds is 2. The van der Waals surface area contributed by atoms with Crippen LogP contribution >= 0.6 is 0 Å². The molecule has 0 aliphatic rings.